The molecule has 2 N–H and O–H groups in total. The number of cyclic esters (lactones) is 1. The molecular weight excluding hydrogens is 345 g/mol. The number of halogens is 1. The van der Waals surface area contributed by atoms with Crippen LogP contribution in [0.15, 0.2) is 35.3 Å². The summed E-state index contributed by atoms with van der Waals surface area (Å²) < 4.78 is 18.7. The number of phenols is 1. The van der Waals surface area contributed by atoms with Crippen LogP contribution < -0.4 is 0 Å². The third-order valence-electron chi connectivity index (χ3n) is 4.02. The highest BCUT2D eigenvalue weighted by molar-refractivity contribution is 5.97. The van der Waals surface area contributed by atoms with Crippen LogP contribution in [0.5, 0.6) is 5.75 Å². The molecule has 1 heterocycles. The highest BCUT2D eigenvalue weighted by Gasteiger charge is 2.22. The monoisotopic (exact) mass is 363 g/mol. The first-order valence-electron chi connectivity index (χ1n) is 7.95. The van der Waals surface area contributed by atoms with E-state index in [1.165, 1.54) is 25.1 Å². The molecular formula is C18H18FNO6. The Hall–Kier alpha value is -2.87. The molecule has 0 unspecified atom stereocenters. The fourth-order valence-corrected chi connectivity index (χ4v) is 2.44. The van der Waals surface area contributed by atoms with Crippen molar-refractivity contribution in [1.29, 1.82) is 0 Å². The third-order valence-corrected chi connectivity index (χ3v) is 4.02. The van der Waals surface area contributed by atoms with E-state index in [0.29, 0.717) is 0 Å². The first-order chi connectivity index (χ1) is 12.3. The Morgan fingerprint density at radius 2 is 2.04 bits per heavy atom. The van der Waals surface area contributed by atoms with Gasteiger partial charge in [0.1, 0.15) is 22.8 Å². The molecule has 0 saturated carbocycles. The van der Waals surface area contributed by atoms with E-state index >= 15 is 0 Å². The van der Waals surface area contributed by atoms with Crippen LogP contribution in [0.4, 0.5) is 10.1 Å². The zero-order valence-electron chi connectivity index (χ0n) is 14.0. The second-order valence-electron chi connectivity index (χ2n) is 5.89. The molecule has 7 nitrogen and oxygen atoms in total. The maximum Gasteiger partial charge on any atom is 0.342 e. The lowest BCUT2D eigenvalue weighted by molar-refractivity contribution is -0.120. The average Bonchev–Trinajstić information content (AvgIpc) is 2.59. The molecule has 1 aliphatic heterocycles. The number of carbonyl (C=O) groups excluding carboxylic acids is 2. The van der Waals surface area contributed by atoms with Crippen LogP contribution >= 0.6 is 0 Å². The van der Waals surface area contributed by atoms with E-state index in [-0.39, 0.29) is 36.3 Å². The van der Waals surface area contributed by atoms with Gasteiger partial charge in [-0.25, -0.2) is 9.18 Å². The number of ketones is 1. The Labute approximate surface area is 148 Å². The van der Waals surface area contributed by atoms with Gasteiger partial charge in [-0.1, -0.05) is 19.1 Å². The van der Waals surface area contributed by atoms with E-state index in [1.807, 2.05) is 0 Å². The minimum atomic E-state index is -1.07. The summed E-state index contributed by atoms with van der Waals surface area (Å²) in [7, 11) is 0. The Morgan fingerprint density at radius 1 is 1.31 bits per heavy atom. The molecule has 0 aromatic heterocycles. The number of nitroso groups, excluding NO2 is 1. The number of phenolic OH excluding ortho intramolecular Hbond substituents is 1. The Kier molecular flexibility index (Phi) is 6.35. The van der Waals surface area contributed by atoms with Gasteiger partial charge in [0.25, 0.3) is 0 Å². The summed E-state index contributed by atoms with van der Waals surface area (Å²) in [6, 6.07) is 2.28. The van der Waals surface area contributed by atoms with Crippen molar-refractivity contribution in [2.45, 2.75) is 25.9 Å². The Bertz CT molecular complexity index is 786. The second kappa shape index (κ2) is 8.48. The number of nitrogens with zero attached hydrogens (tertiary/aromatic N) is 1. The number of hydrogen-bond acceptors (Lipinski definition) is 7. The summed E-state index contributed by atoms with van der Waals surface area (Å²) in [5.41, 5.74) is -0.143. The zero-order chi connectivity index (χ0) is 19.3. The molecule has 2 atom stereocenters. The molecule has 0 amide bonds. The van der Waals surface area contributed by atoms with Gasteiger partial charge in [0.15, 0.2) is 5.78 Å². The van der Waals surface area contributed by atoms with Gasteiger partial charge in [-0.05, 0) is 23.2 Å². The maximum atomic E-state index is 13.8. The van der Waals surface area contributed by atoms with E-state index in [0.717, 1.165) is 12.1 Å². The van der Waals surface area contributed by atoms with Gasteiger partial charge in [-0.3, -0.25) is 4.79 Å². The predicted octanol–water partition coefficient (Wildman–Crippen LogP) is 3.17. The number of ether oxygens (including phenoxy) is 1. The largest absolute Gasteiger partial charge is 0.507 e. The lowest BCUT2D eigenvalue weighted by Crippen LogP contribution is -2.24. The molecule has 0 fully saturated rings. The number of aliphatic hydroxyl groups is 1. The number of benzene rings is 1. The van der Waals surface area contributed by atoms with Crippen LogP contribution in [0.1, 0.15) is 35.7 Å². The molecule has 26 heavy (non-hydrogen) atoms. The van der Waals surface area contributed by atoms with Crippen LogP contribution in [0.3, 0.4) is 0 Å². The number of hydrogen-bond donors (Lipinski definition) is 2. The van der Waals surface area contributed by atoms with Crippen LogP contribution in [0, 0.1) is 10.8 Å². The van der Waals surface area contributed by atoms with Crippen molar-refractivity contribution in [3.05, 3.63) is 46.1 Å². The fourth-order valence-electron chi connectivity index (χ4n) is 2.44. The molecule has 0 aliphatic carbocycles. The molecule has 0 saturated heterocycles. The van der Waals surface area contributed by atoms with Crippen molar-refractivity contribution < 1.29 is 28.9 Å². The van der Waals surface area contributed by atoms with Crippen molar-refractivity contribution >= 4 is 23.5 Å². The molecule has 1 aromatic carbocycles. The van der Waals surface area contributed by atoms with E-state index in [4.69, 9.17) is 4.74 Å². The van der Waals surface area contributed by atoms with E-state index in [2.05, 4.69) is 5.18 Å². The predicted molar refractivity (Wildman–Crippen MR) is 91.5 cm³/mol. The van der Waals surface area contributed by atoms with E-state index < -0.39 is 35.4 Å². The number of aromatic hydroxyl groups is 1. The quantitative estimate of drug-likeness (QED) is 0.585. The van der Waals surface area contributed by atoms with Crippen LogP contribution in [-0.2, 0) is 9.53 Å². The summed E-state index contributed by atoms with van der Waals surface area (Å²) in [5, 5.41) is 22.8. The minimum Gasteiger partial charge on any atom is -0.507 e. The number of aliphatic hydroxyl groups excluding tert-OH is 1. The normalized spacial score (nSPS) is 25.3. The highest BCUT2D eigenvalue weighted by Crippen LogP contribution is 2.30. The van der Waals surface area contributed by atoms with Gasteiger partial charge >= 0.3 is 5.97 Å². The number of fused-ring (bicyclic) bond motifs is 1. The second-order valence-corrected chi connectivity index (χ2v) is 5.89. The molecule has 1 aromatic rings. The van der Waals surface area contributed by atoms with Crippen molar-refractivity contribution in [2.75, 3.05) is 6.61 Å². The number of carbonyl (C=O) groups is 2. The van der Waals surface area contributed by atoms with Gasteiger partial charge < -0.3 is 14.9 Å². The molecule has 0 bridgehead atoms. The topological polar surface area (TPSA) is 113 Å². The summed E-state index contributed by atoms with van der Waals surface area (Å²) >= 11 is 0. The third kappa shape index (κ3) is 4.60. The smallest absolute Gasteiger partial charge is 0.342 e. The summed E-state index contributed by atoms with van der Waals surface area (Å²) in [6.07, 6.45) is 2.32. The number of allylic oxidation sites excluding steroid dienone is 1. The van der Waals surface area contributed by atoms with Gasteiger partial charge in [-0.15, -0.1) is 4.91 Å². The summed E-state index contributed by atoms with van der Waals surface area (Å²) in [4.78, 5) is 34.8. The van der Waals surface area contributed by atoms with Crippen LogP contribution in [0.2, 0.25) is 0 Å². The standard InChI is InChI=1S/C18H18FNO6/c1-10-14(21)4-2-3-11-7-13(20-25)9-16(23)17(11)18(24)26-6-5-12(19)8-15(10)22/h2-3,7-10,14,21,23H,4-6H2,1H3/b3-2+,12-8+/t10-,14-/m0/s1. The minimum absolute atomic E-state index is 0.0381. The van der Waals surface area contributed by atoms with Crippen molar-refractivity contribution in [3.8, 4) is 5.75 Å². The van der Waals surface area contributed by atoms with Crippen molar-refractivity contribution in [1.82, 2.24) is 0 Å². The lowest BCUT2D eigenvalue weighted by atomic mass is 9.95. The SMILES string of the molecule is C[C@@H]1C(=O)/C=C(/F)CCOC(=O)c2c(O)cc(N=O)cc2/C=C/C[C@@H]1O. The van der Waals surface area contributed by atoms with E-state index in [9.17, 15) is 29.1 Å². The maximum absolute atomic E-state index is 13.8. The molecule has 2 rings (SSSR count). The van der Waals surface area contributed by atoms with Gasteiger partial charge in [0.2, 0.25) is 0 Å². The molecule has 8 heteroatoms. The number of esters is 1. The summed E-state index contributed by atoms with van der Waals surface area (Å²) in [6.45, 7) is 1.13. The molecule has 138 valence electrons. The first kappa shape index (κ1) is 19.5. The van der Waals surface area contributed by atoms with Gasteiger partial charge in [0, 0.05) is 24.5 Å². The number of rotatable bonds is 1. The van der Waals surface area contributed by atoms with Crippen LogP contribution in [-0.4, -0.2) is 34.7 Å². The molecule has 0 spiro atoms. The first-order valence-corrected chi connectivity index (χ1v) is 7.95. The van der Waals surface area contributed by atoms with Crippen molar-refractivity contribution in [3.63, 3.8) is 0 Å². The van der Waals surface area contributed by atoms with E-state index in [1.54, 1.807) is 0 Å². The highest BCUT2D eigenvalue weighted by atomic mass is 19.1. The molecule has 1 aliphatic rings. The van der Waals surface area contributed by atoms with Gasteiger partial charge in [0.05, 0.1) is 12.7 Å². The summed E-state index contributed by atoms with van der Waals surface area (Å²) in [5.74, 6) is -3.59. The zero-order valence-corrected chi connectivity index (χ0v) is 14.0. The van der Waals surface area contributed by atoms with Crippen molar-refractivity contribution in [2.24, 2.45) is 11.1 Å². The fraction of sp³-hybridized carbons (Fsp3) is 0.333. The Balaban J connectivity index is 2.44. The Morgan fingerprint density at radius 3 is 2.73 bits per heavy atom. The van der Waals surface area contributed by atoms with Gasteiger partial charge in [-0.2, -0.15) is 0 Å². The van der Waals surface area contributed by atoms with Crippen LogP contribution in [0.25, 0.3) is 6.08 Å². The average molecular weight is 363 g/mol. The lowest BCUT2D eigenvalue weighted by Gasteiger charge is -2.15. The molecule has 0 radical (unpaired) electrons.